The molecule has 0 radical (unpaired) electrons. The van der Waals surface area contributed by atoms with Gasteiger partial charge in [0, 0.05) is 17.4 Å². The van der Waals surface area contributed by atoms with Crippen LogP contribution in [0.5, 0.6) is 0 Å². The van der Waals surface area contributed by atoms with Crippen LogP contribution >= 0.6 is 0 Å². The maximum Gasteiger partial charge on any atom is 0.160 e. The van der Waals surface area contributed by atoms with E-state index in [1.807, 2.05) is 6.07 Å². The van der Waals surface area contributed by atoms with Crippen molar-refractivity contribution in [1.82, 2.24) is 0 Å². The molecule has 0 N–H and O–H groups in total. The Morgan fingerprint density at radius 1 is 1.19 bits per heavy atom. The van der Waals surface area contributed by atoms with Crippen molar-refractivity contribution in [3.8, 4) is 0 Å². The second kappa shape index (κ2) is 10.4. The van der Waals surface area contributed by atoms with Crippen LogP contribution < -0.4 is 0 Å². The first-order valence-electron chi connectivity index (χ1n) is 10.4. The lowest BCUT2D eigenvalue weighted by atomic mass is 9.78. The molecule has 3 rings (SSSR count). The molecule has 1 heterocycles. The summed E-state index contributed by atoms with van der Waals surface area (Å²) in [5, 5.41) is 0. The molecule has 1 aromatic carbocycles. The van der Waals surface area contributed by atoms with Crippen LogP contribution in [0.3, 0.4) is 0 Å². The van der Waals surface area contributed by atoms with Gasteiger partial charge in [-0.2, -0.15) is 0 Å². The van der Waals surface area contributed by atoms with E-state index in [4.69, 9.17) is 14.2 Å². The molecule has 1 aliphatic carbocycles. The maximum absolute atomic E-state index is 14.4. The number of ether oxygens (including phenoxy) is 3. The Labute approximate surface area is 162 Å². The Kier molecular flexibility index (Phi) is 7.86. The van der Waals surface area contributed by atoms with Gasteiger partial charge in [0.1, 0.15) is 5.82 Å². The molecule has 0 spiro atoms. The van der Waals surface area contributed by atoms with Crippen molar-refractivity contribution in [2.45, 2.75) is 64.3 Å². The van der Waals surface area contributed by atoms with Crippen molar-refractivity contribution in [2.75, 3.05) is 19.8 Å². The number of benzene rings is 1. The lowest BCUT2D eigenvalue weighted by molar-refractivity contribution is -0.229. The van der Waals surface area contributed by atoms with Crippen molar-refractivity contribution >= 4 is 0 Å². The van der Waals surface area contributed by atoms with Gasteiger partial charge >= 0.3 is 0 Å². The zero-order valence-corrected chi connectivity index (χ0v) is 16.5. The molecule has 1 saturated heterocycles. The van der Waals surface area contributed by atoms with Gasteiger partial charge in [-0.3, -0.25) is 0 Å². The molecule has 4 heteroatoms. The average molecular weight is 377 g/mol. The van der Waals surface area contributed by atoms with Gasteiger partial charge in [-0.15, -0.1) is 6.58 Å². The summed E-state index contributed by atoms with van der Waals surface area (Å²) in [6, 6.07) is 5.62. The molecule has 150 valence electrons. The molecule has 2 aliphatic rings. The predicted molar refractivity (Wildman–Crippen MR) is 105 cm³/mol. The topological polar surface area (TPSA) is 27.7 Å². The van der Waals surface area contributed by atoms with Crippen molar-refractivity contribution in [1.29, 1.82) is 0 Å². The van der Waals surface area contributed by atoms with Gasteiger partial charge in [0.25, 0.3) is 0 Å². The molecular weight excluding hydrogens is 343 g/mol. The summed E-state index contributed by atoms with van der Waals surface area (Å²) >= 11 is 0. The highest BCUT2D eigenvalue weighted by Crippen LogP contribution is 2.39. The standard InChI is InChI=1S/C23H33FO3/c1-3-5-17-14-26-23(27-15-17)19-8-6-18(7-9-19)20-10-11-21(22(24)13-20)16-25-12-4-2/h4,10-11,13,17-19,23H,2-3,5-9,12,14-16H2,1H3/t17-,18-,19-,23-. The minimum Gasteiger partial charge on any atom is -0.373 e. The fraction of sp³-hybridized carbons (Fsp3) is 0.652. The number of hydrogen-bond donors (Lipinski definition) is 0. The van der Waals surface area contributed by atoms with Crippen molar-refractivity contribution in [3.05, 3.63) is 47.8 Å². The zero-order valence-electron chi connectivity index (χ0n) is 16.5. The van der Waals surface area contributed by atoms with E-state index in [1.54, 1.807) is 12.1 Å². The monoisotopic (exact) mass is 376 g/mol. The highest BCUT2D eigenvalue weighted by molar-refractivity contribution is 5.27. The van der Waals surface area contributed by atoms with Gasteiger partial charge in [0.15, 0.2) is 6.29 Å². The second-order valence-corrected chi connectivity index (χ2v) is 7.96. The summed E-state index contributed by atoms with van der Waals surface area (Å²) in [4.78, 5) is 0. The summed E-state index contributed by atoms with van der Waals surface area (Å²) in [7, 11) is 0. The zero-order chi connectivity index (χ0) is 19.1. The molecule has 3 nitrogen and oxygen atoms in total. The average Bonchev–Trinajstić information content (AvgIpc) is 2.70. The molecule has 27 heavy (non-hydrogen) atoms. The van der Waals surface area contributed by atoms with Gasteiger partial charge < -0.3 is 14.2 Å². The SMILES string of the molecule is C=CCOCc1ccc([C@H]2CC[C@H]([C@H]3OC[C@H](CCC)CO3)CC2)cc1F. The van der Waals surface area contributed by atoms with Gasteiger partial charge in [-0.05, 0) is 49.7 Å². The van der Waals surface area contributed by atoms with E-state index in [2.05, 4.69) is 19.6 Å². The Morgan fingerprint density at radius 3 is 2.56 bits per heavy atom. The lowest BCUT2D eigenvalue weighted by Gasteiger charge is -2.37. The van der Waals surface area contributed by atoms with Crippen LogP contribution in [0.15, 0.2) is 30.9 Å². The fourth-order valence-corrected chi connectivity index (χ4v) is 4.32. The lowest BCUT2D eigenvalue weighted by Crippen LogP contribution is -2.38. The van der Waals surface area contributed by atoms with Crippen LogP contribution in [0.4, 0.5) is 4.39 Å². The Bertz CT molecular complexity index is 587. The Balaban J connectivity index is 1.47. The molecule has 1 aromatic rings. The normalized spacial score (nSPS) is 28.8. The van der Waals surface area contributed by atoms with Crippen molar-refractivity contribution < 1.29 is 18.6 Å². The van der Waals surface area contributed by atoms with E-state index in [0.29, 0.717) is 36.5 Å². The summed E-state index contributed by atoms with van der Waals surface area (Å²) < 4.78 is 31.7. The first-order valence-corrected chi connectivity index (χ1v) is 10.4. The van der Waals surface area contributed by atoms with E-state index in [1.165, 1.54) is 12.8 Å². The van der Waals surface area contributed by atoms with Gasteiger partial charge in [0.05, 0.1) is 26.4 Å². The molecule has 0 atom stereocenters. The third-order valence-electron chi connectivity index (χ3n) is 5.89. The molecule has 2 fully saturated rings. The van der Waals surface area contributed by atoms with E-state index >= 15 is 0 Å². The van der Waals surface area contributed by atoms with Gasteiger partial charge in [-0.25, -0.2) is 4.39 Å². The third-order valence-corrected chi connectivity index (χ3v) is 5.89. The number of hydrogen-bond acceptors (Lipinski definition) is 3. The van der Waals surface area contributed by atoms with Crippen LogP contribution in [0, 0.1) is 17.7 Å². The van der Waals surface area contributed by atoms with E-state index in [9.17, 15) is 4.39 Å². The number of rotatable bonds is 8. The molecule has 0 unspecified atom stereocenters. The third kappa shape index (κ3) is 5.63. The quantitative estimate of drug-likeness (QED) is 0.437. The molecule has 0 amide bonds. The Hall–Kier alpha value is -1.23. The summed E-state index contributed by atoms with van der Waals surface area (Å²) in [6.45, 7) is 8.21. The Morgan fingerprint density at radius 2 is 1.93 bits per heavy atom. The van der Waals surface area contributed by atoms with Crippen LogP contribution in [0.25, 0.3) is 0 Å². The van der Waals surface area contributed by atoms with Crippen LogP contribution in [0.1, 0.15) is 62.5 Å². The molecule has 1 saturated carbocycles. The van der Waals surface area contributed by atoms with Crippen LogP contribution in [-0.4, -0.2) is 26.1 Å². The first-order chi connectivity index (χ1) is 13.2. The van der Waals surface area contributed by atoms with Gasteiger partial charge in [0.2, 0.25) is 0 Å². The number of halogens is 1. The summed E-state index contributed by atoms with van der Waals surface area (Å²) in [5.41, 5.74) is 1.71. The molecule has 0 aromatic heterocycles. The fourth-order valence-electron chi connectivity index (χ4n) is 4.32. The first kappa shape index (κ1) is 20.5. The van der Waals surface area contributed by atoms with E-state index in [-0.39, 0.29) is 12.1 Å². The smallest absolute Gasteiger partial charge is 0.160 e. The summed E-state index contributed by atoms with van der Waals surface area (Å²) in [6.07, 6.45) is 8.30. The highest BCUT2D eigenvalue weighted by atomic mass is 19.1. The maximum atomic E-state index is 14.4. The van der Waals surface area contributed by atoms with E-state index < -0.39 is 0 Å². The van der Waals surface area contributed by atoms with Crippen LogP contribution in [0.2, 0.25) is 0 Å². The molecular formula is C23H33FO3. The van der Waals surface area contributed by atoms with Crippen LogP contribution in [-0.2, 0) is 20.8 Å². The highest BCUT2D eigenvalue weighted by Gasteiger charge is 2.32. The minimum absolute atomic E-state index is 0.0415. The van der Waals surface area contributed by atoms with Gasteiger partial charge in [-0.1, -0.05) is 31.6 Å². The molecule has 0 bridgehead atoms. The van der Waals surface area contributed by atoms with E-state index in [0.717, 1.165) is 44.5 Å². The summed E-state index contributed by atoms with van der Waals surface area (Å²) in [5.74, 6) is 1.29. The molecule has 1 aliphatic heterocycles. The largest absolute Gasteiger partial charge is 0.373 e. The second-order valence-electron chi connectivity index (χ2n) is 7.96. The minimum atomic E-state index is -0.167. The van der Waals surface area contributed by atoms with Crippen molar-refractivity contribution in [2.24, 2.45) is 11.8 Å². The predicted octanol–water partition coefficient (Wildman–Crippen LogP) is 5.59. The van der Waals surface area contributed by atoms with Crippen molar-refractivity contribution in [3.63, 3.8) is 0 Å².